The highest BCUT2D eigenvalue weighted by Crippen LogP contribution is 2.22. The maximum Gasteiger partial charge on any atom is 0.0223 e. The smallest absolute Gasteiger partial charge is 0.0223 e. The Morgan fingerprint density at radius 1 is 1.00 bits per heavy atom. The number of rotatable bonds is 1. The van der Waals surface area contributed by atoms with Gasteiger partial charge in [0.05, 0.1) is 0 Å². The fraction of sp³-hybridized carbons (Fsp3) is 1.00. The average molecular weight is 196 g/mol. The first-order chi connectivity index (χ1) is 6.75. The van der Waals surface area contributed by atoms with Crippen LogP contribution in [0, 0.1) is 11.8 Å². The summed E-state index contributed by atoms with van der Waals surface area (Å²) < 4.78 is 0. The van der Waals surface area contributed by atoms with Crippen LogP contribution in [0.3, 0.4) is 0 Å². The maximum absolute atomic E-state index is 3.55. The minimum Gasteiger partial charge on any atom is -0.315 e. The molecular formula is C12H24N2. The molecule has 1 N–H and O–H groups in total. The third-order valence-electron chi connectivity index (χ3n) is 3.88. The molecule has 2 aliphatic heterocycles. The van der Waals surface area contributed by atoms with Crippen LogP contribution in [-0.4, -0.2) is 37.1 Å². The van der Waals surface area contributed by atoms with Crippen molar-refractivity contribution in [1.82, 2.24) is 10.2 Å². The quantitative estimate of drug-likeness (QED) is 0.687. The highest BCUT2D eigenvalue weighted by atomic mass is 15.2. The van der Waals surface area contributed by atoms with Gasteiger partial charge in [0.2, 0.25) is 0 Å². The fourth-order valence-electron chi connectivity index (χ4n) is 2.80. The van der Waals surface area contributed by atoms with Crippen molar-refractivity contribution in [3.05, 3.63) is 0 Å². The summed E-state index contributed by atoms with van der Waals surface area (Å²) >= 11 is 0. The summed E-state index contributed by atoms with van der Waals surface area (Å²) in [5, 5.41) is 3.55. The van der Waals surface area contributed by atoms with Gasteiger partial charge in [-0.1, -0.05) is 13.8 Å². The van der Waals surface area contributed by atoms with Gasteiger partial charge < -0.3 is 5.32 Å². The number of hydrogen-bond donors (Lipinski definition) is 1. The molecule has 0 amide bonds. The van der Waals surface area contributed by atoms with Crippen LogP contribution in [-0.2, 0) is 0 Å². The SMILES string of the molecule is CC1CCN(C2CNCC(C)C2)CC1. The normalized spacial score (nSPS) is 37.3. The first-order valence-electron chi connectivity index (χ1n) is 6.20. The summed E-state index contributed by atoms with van der Waals surface area (Å²) in [6, 6.07) is 0.825. The van der Waals surface area contributed by atoms with Crippen LogP contribution in [0.5, 0.6) is 0 Å². The van der Waals surface area contributed by atoms with Gasteiger partial charge in [0.1, 0.15) is 0 Å². The molecule has 0 aromatic heterocycles. The number of likely N-dealkylation sites (tertiary alicyclic amines) is 1. The third kappa shape index (κ3) is 2.48. The Morgan fingerprint density at radius 3 is 2.36 bits per heavy atom. The number of hydrogen-bond acceptors (Lipinski definition) is 2. The molecule has 2 saturated heterocycles. The minimum absolute atomic E-state index is 0.825. The predicted octanol–water partition coefficient (Wildman–Crippen LogP) is 1.72. The zero-order valence-corrected chi connectivity index (χ0v) is 9.63. The van der Waals surface area contributed by atoms with E-state index in [1.807, 2.05) is 0 Å². The van der Waals surface area contributed by atoms with Crippen molar-refractivity contribution in [3.63, 3.8) is 0 Å². The Hall–Kier alpha value is -0.0800. The molecule has 2 aliphatic rings. The van der Waals surface area contributed by atoms with Crippen molar-refractivity contribution in [2.45, 2.75) is 39.2 Å². The monoisotopic (exact) mass is 196 g/mol. The van der Waals surface area contributed by atoms with Gasteiger partial charge in [0, 0.05) is 12.6 Å². The molecule has 0 aliphatic carbocycles. The molecule has 0 radical (unpaired) electrons. The number of nitrogens with zero attached hydrogens (tertiary/aromatic N) is 1. The standard InChI is InChI=1S/C12H24N2/c1-10-3-5-14(6-4-10)12-7-11(2)8-13-9-12/h10-13H,3-9H2,1-2H3. The van der Waals surface area contributed by atoms with Crippen molar-refractivity contribution >= 4 is 0 Å². The van der Waals surface area contributed by atoms with E-state index in [1.54, 1.807) is 0 Å². The van der Waals surface area contributed by atoms with E-state index in [1.165, 1.54) is 45.4 Å². The minimum atomic E-state index is 0.825. The Bertz CT molecular complexity index is 173. The van der Waals surface area contributed by atoms with E-state index in [9.17, 15) is 0 Å². The van der Waals surface area contributed by atoms with Gasteiger partial charge in [0.25, 0.3) is 0 Å². The molecule has 0 aromatic rings. The van der Waals surface area contributed by atoms with Crippen molar-refractivity contribution in [1.29, 1.82) is 0 Å². The van der Waals surface area contributed by atoms with Crippen LogP contribution < -0.4 is 5.32 Å². The third-order valence-corrected chi connectivity index (χ3v) is 3.88. The lowest BCUT2D eigenvalue weighted by atomic mass is 9.92. The molecule has 14 heavy (non-hydrogen) atoms. The summed E-state index contributed by atoms with van der Waals surface area (Å²) in [4.78, 5) is 2.71. The lowest BCUT2D eigenvalue weighted by molar-refractivity contribution is 0.105. The molecule has 2 nitrogen and oxygen atoms in total. The van der Waals surface area contributed by atoms with Crippen LogP contribution in [0.4, 0.5) is 0 Å². The molecule has 2 rings (SSSR count). The summed E-state index contributed by atoms with van der Waals surface area (Å²) in [5.41, 5.74) is 0. The van der Waals surface area contributed by atoms with Gasteiger partial charge >= 0.3 is 0 Å². The Morgan fingerprint density at radius 2 is 1.71 bits per heavy atom. The van der Waals surface area contributed by atoms with E-state index in [0.717, 1.165) is 17.9 Å². The van der Waals surface area contributed by atoms with E-state index in [-0.39, 0.29) is 0 Å². The number of nitrogens with one attached hydrogen (secondary N) is 1. The lowest BCUT2D eigenvalue weighted by Crippen LogP contribution is -2.50. The summed E-state index contributed by atoms with van der Waals surface area (Å²) in [7, 11) is 0. The molecular weight excluding hydrogens is 172 g/mol. The summed E-state index contributed by atoms with van der Waals surface area (Å²) in [5.74, 6) is 1.83. The Balaban J connectivity index is 1.82. The molecule has 2 atom stereocenters. The van der Waals surface area contributed by atoms with Gasteiger partial charge in [-0.05, 0) is 50.7 Å². The van der Waals surface area contributed by atoms with Gasteiger partial charge in [-0.3, -0.25) is 4.90 Å². The van der Waals surface area contributed by atoms with Gasteiger partial charge in [-0.25, -0.2) is 0 Å². The van der Waals surface area contributed by atoms with Crippen molar-refractivity contribution < 1.29 is 0 Å². The number of piperidine rings is 2. The topological polar surface area (TPSA) is 15.3 Å². The highest BCUT2D eigenvalue weighted by Gasteiger charge is 2.26. The molecule has 2 heteroatoms. The zero-order chi connectivity index (χ0) is 9.97. The van der Waals surface area contributed by atoms with Crippen LogP contribution >= 0.6 is 0 Å². The second-order valence-electron chi connectivity index (χ2n) is 5.37. The fourth-order valence-corrected chi connectivity index (χ4v) is 2.80. The summed E-state index contributed by atoms with van der Waals surface area (Å²) in [6.45, 7) is 9.87. The first kappa shape index (κ1) is 10.4. The predicted molar refractivity (Wildman–Crippen MR) is 60.4 cm³/mol. The zero-order valence-electron chi connectivity index (χ0n) is 9.63. The van der Waals surface area contributed by atoms with E-state index < -0.39 is 0 Å². The van der Waals surface area contributed by atoms with E-state index in [2.05, 4.69) is 24.1 Å². The molecule has 0 bridgehead atoms. The molecule has 0 saturated carbocycles. The van der Waals surface area contributed by atoms with Gasteiger partial charge in [-0.2, -0.15) is 0 Å². The van der Waals surface area contributed by atoms with Crippen LogP contribution in [0.1, 0.15) is 33.1 Å². The first-order valence-corrected chi connectivity index (χ1v) is 6.20. The van der Waals surface area contributed by atoms with Crippen LogP contribution in [0.25, 0.3) is 0 Å². The van der Waals surface area contributed by atoms with Crippen molar-refractivity contribution in [2.75, 3.05) is 26.2 Å². The molecule has 0 spiro atoms. The Labute approximate surface area is 88.1 Å². The Kier molecular flexibility index (Phi) is 3.45. The molecule has 0 aromatic carbocycles. The lowest BCUT2D eigenvalue weighted by Gasteiger charge is -2.40. The second kappa shape index (κ2) is 4.63. The van der Waals surface area contributed by atoms with Gasteiger partial charge in [-0.15, -0.1) is 0 Å². The largest absolute Gasteiger partial charge is 0.315 e. The van der Waals surface area contributed by atoms with Gasteiger partial charge in [0.15, 0.2) is 0 Å². The van der Waals surface area contributed by atoms with E-state index in [4.69, 9.17) is 0 Å². The second-order valence-corrected chi connectivity index (χ2v) is 5.37. The highest BCUT2D eigenvalue weighted by molar-refractivity contribution is 4.83. The van der Waals surface area contributed by atoms with Crippen molar-refractivity contribution in [2.24, 2.45) is 11.8 Å². The molecule has 2 heterocycles. The average Bonchev–Trinajstić information content (AvgIpc) is 2.19. The van der Waals surface area contributed by atoms with Crippen LogP contribution in [0.2, 0.25) is 0 Å². The molecule has 2 unspecified atom stereocenters. The van der Waals surface area contributed by atoms with Crippen molar-refractivity contribution in [3.8, 4) is 0 Å². The maximum atomic E-state index is 3.55. The van der Waals surface area contributed by atoms with Crippen LogP contribution in [0.15, 0.2) is 0 Å². The van der Waals surface area contributed by atoms with E-state index >= 15 is 0 Å². The summed E-state index contributed by atoms with van der Waals surface area (Å²) in [6.07, 6.45) is 4.22. The molecule has 2 fully saturated rings. The molecule has 82 valence electrons. The van der Waals surface area contributed by atoms with E-state index in [0.29, 0.717) is 0 Å².